The molecule has 0 fully saturated rings. The molecule has 3 aromatic rings. The molecule has 0 aliphatic carbocycles. The van der Waals surface area contributed by atoms with E-state index in [0.717, 1.165) is 23.9 Å². The summed E-state index contributed by atoms with van der Waals surface area (Å²) >= 11 is 0.906. The zero-order chi connectivity index (χ0) is 19.8. The number of aryl methyl sites for hydroxylation is 1. The molecule has 1 aromatic carbocycles. The fourth-order valence-electron chi connectivity index (χ4n) is 1.91. The summed E-state index contributed by atoms with van der Waals surface area (Å²) in [6.07, 6.45) is -8.01. The van der Waals surface area contributed by atoms with E-state index in [1.165, 1.54) is 18.3 Å². The van der Waals surface area contributed by atoms with Crippen molar-refractivity contribution < 1.29 is 30.9 Å². The molecule has 0 bridgehead atoms. The minimum absolute atomic E-state index is 0.241. The van der Waals surface area contributed by atoms with Crippen LogP contribution in [0, 0.1) is 6.92 Å². The van der Waals surface area contributed by atoms with Crippen LogP contribution in [0.25, 0.3) is 11.6 Å². The number of nitrogens with zero attached hydrogens (tertiary/aromatic N) is 4. The monoisotopic (exact) mass is 406 g/mol. The molecule has 0 aliphatic rings. The quantitative estimate of drug-likeness (QED) is 0.449. The Balaban J connectivity index is 1.92. The van der Waals surface area contributed by atoms with Crippen molar-refractivity contribution in [2.75, 3.05) is 0 Å². The molecule has 0 amide bonds. The van der Waals surface area contributed by atoms with Crippen molar-refractivity contribution in [3.63, 3.8) is 0 Å². The third kappa shape index (κ3) is 4.38. The maximum absolute atomic E-state index is 12.8. The molecule has 0 atom stereocenters. The molecule has 5 nitrogen and oxygen atoms in total. The number of hydrogen-bond donors (Lipinski definition) is 0. The first-order valence-corrected chi connectivity index (χ1v) is 7.96. The SMILES string of the molecule is Cc1cnc(-c2noc(C(F)(F)F)n2)nc1Sc1cccc(C(F)(F)F)c1. The van der Waals surface area contributed by atoms with E-state index in [1.807, 2.05) is 0 Å². The van der Waals surface area contributed by atoms with Gasteiger partial charge in [-0.15, -0.1) is 0 Å². The summed E-state index contributed by atoms with van der Waals surface area (Å²) in [7, 11) is 0. The zero-order valence-corrected chi connectivity index (χ0v) is 14.1. The van der Waals surface area contributed by atoms with Crippen molar-refractivity contribution in [3.8, 4) is 11.6 Å². The van der Waals surface area contributed by atoms with Gasteiger partial charge in [0.1, 0.15) is 5.03 Å². The van der Waals surface area contributed by atoms with Crippen molar-refractivity contribution in [1.29, 1.82) is 0 Å². The lowest BCUT2D eigenvalue weighted by Gasteiger charge is -2.09. The van der Waals surface area contributed by atoms with E-state index in [2.05, 4.69) is 24.6 Å². The molecule has 0 radical (unpaired) electrons. The van der Waals surface area contributed by atoms with E-state index in [0.29, 0.717) is 5.56 Å². The highest BCUT2D eigenvalue weighted by molar-refractivity contribution is 7.99. The van der Waals surface area contributed by atoms with Crippen LogP contribution in [-0.4, -0.2) is 20.1 Å². The Morgan fingerprint density at radius 1 is 0.963 bits per heavy atom. The van der Waals surface area contributed by atoms with Gasteiger partial charge in [0.05, 0.1) is 5.56 Å². The Bertz CT molecular complexity index is 969. The highest BCUT2D eigenvalue weighted by atomic mass is 32.2. The van der Waals surface area contributed by atoms with Crippen LogP contribution in [-0.2, 0) is 12.4 Å². The summed E-state index contributed by atoms with van der Waals surface area (Å²) in [5.41, 5.74) is -0.312. The van der Waals surface area contributed by atoms with E-state index >= 15 is 0 Å². The lowest BCUT2D eigenvalue weighted by atomic mass is 10.2. The van der Waals surface area contributed by atoms with Crippen LogP contribution < -0.4 is 0 Å². The predicted molar refractivity (Wildman–Crippen MR) is 80.6 cm³/mol. The average Bonchev–Trinajstić information content (AvgIpc) is 3.07. The number of rotatable bonds is 3. The second-order valence-corrected chi connectivity index (χ2v) is 6.29. The van der Waals surface area contributed by atoms with Crippen LogP contribution in [0.1, 0.15) is 17.0 Å². The van der Waals surface area contributed by atoms with Gasteiger partial charge in [0, 0.05) is 16.7 Å². The summed E-state index contributed by atoms with van der Waals surface area (Å²) in [5.74, 6) is -2.27. The molecular formula is C15H8F6N4OS. The maximum Gasteiger partial charge on any atom is 0.471 e. The van der Waals surface area contributed by atoms with Gasteiger partial charge in [0.25, 0.3) is 0 Å². The van der Waals surface area contributed by atoms with Gasteiger partial charge in [-0.2, -0.15) is 31.3 Å². The lowest BCUT2D eigenvalue weighted by molar-refractivity contribution is -0.159. The molecule has 2 aromatic heterocycles. The normalized spacial score (nSPS) is 12.4. The van der Waals surface area contributed by atoms with Gasteiger partial charge in [-0.05, 0) is 25.1 Å². The summed E-state index contributed by atoms with van der Waals surface area (Å²) in [6.45, 7) is 1.61. The van der Waals surface area contributed by atoms with Crippen molar-refractivity contribution >= 4 is 11.8 Å². The van der Waals surface area contributed by atoms with Gasteiger partial charge in [-0.3, -0.25) is 0 Å². The molecule has 0 spiro atoms. The lowest BCUT2D eigenvalue weighted by Crippen LogP contribution is -2.05. The largest absolute Gasteiger partial charge is 0.471 e. The number of alkyl halides is 6. The minimum Gasteiger partial charge on any atom is -0.329 e. The van der Waals surface area contributed by atoms with Crippen LogP contribution >= 0.6 is 11.8 Å². The first kappa shape index (κ1) is 19.1. The molecule has 0 N–H and O–H groups in total. The maximum atomic E-state index is 12.8. The molecule has 142 valence electrons. The Kier molecular flexibility index (Phi) is 4.84. The highest BCUT2D eigenvalue weighted by Crippen LogP contribution is 2.35. The Hall–Kier alpha value is -2.63. The minimum atomic E-state index is -4.81. The molecule has 12 heteroatoms. The number of benzene rings is 1. The van der Waals surface area contributed by atoms with Crippen LogP contribution in [0.15, 0.2) is 44.9 Å². The van der Waals surface area contributed by atoms with E-state index in [4.69, 9.17) is 0 Å². The molecule has 0 saturated carbocycles. The Morgan fingerprint density at radius 3 is 2.33 bits per heavy atom. The first-order valence-electron chi connectivity index (χ1n) is 7.14. The standard InChI is InChI=1S/C15H8F6N4OS/c1-7-6-22-10(11-24-13(26-25-11)15(19,20)21)23-12(7)27-9-4-2-3-8(5-9)14(16,17)18/h2-6H,1H3. The summed E-state index contributed by atoms with van der Waals surface area (Å²) in [5, 5.41) is 3.44. The van der Waals surface area contributed by atoms with Crippen LogP contribution in [0.3, 0.4) is 0 Å². The van der Waals surface area contributed by atoms with Gasteiger partial charge in [-0.1, -0.05) is 23.0 Å². The van der Waals surface area contributed by atoms with Crippen molar-refractivity contribution in [2.45, 2.75) is 29.2 Å². The van der Waals surface area contributed by atoms with Crippen molar-refractivity contribution in [1.82, 2.24) is 20.1 Å². The van der Waals surface area contributed by atoms with E-state index in [9.17, 15) is 26.3 Å². The third-order valence-corrected chi connectivity index (χ3v) is 4.27. The number of hydrogen-bond acceptors (Lipinski definition) is 6. The van der Waals surface area contributed by atoms with Gasteiger partial charge in [0.2, 0.25) is 11.6 Å². The zero-order valence-electron chi connectivity index (χ0n) is 13.3. The summed E-state index contributed by atoms with van der Waals surface area (Å²) in [4.78, 5) is 11.3. The second kappa shape index (κ2) is 6.83. The van der Waals surface area contributed by atoms with Gasteiger partial charge >= 0.3 is 18.2 Å². The highest BCUT2D eigenvalue weighted by Gasteiger charge is 2.39. The number of halogens is 6. The predicted octanol–water partition coefficient (Wildman–Crippen LogP) is 5.02. The fraction of sp³-hybridized carbons (Fsp3) is 0.200. The van der Waals surface area contributed by atoms with Gasteiger partial charge in [-0.25, -0.2) is 9.97 Å². The number of aromatic nitrogens is 4. The van der Waals surface area contributed by atoms with Crippen LogP contribution in [0.2, 0.25) is 0 Å². The molecule has 0 saturated heterocycles. The first-order chi connectivity index (χ1) is 12.5. The second-order valence-electron chi connectivity index (χ2n) is 5.23. The van der Waals surface area contributed by atoms with Crippen LogP contribution in [0.4, 0.5) is 26.3 Å². The van der Waals surface area contributed by atoms with E-state index < -0.39 is 29.6 Å². The van der Waals surface area contributed by atoms with Crippen LogP contribution in [0.5, 0.6) is 0 Å². The molecule has 0 aliphatic heterocycles. The average molecular weight is 406 g/mol. The van der Waals surface area contributed by atoms with Crippen molar-refractivity contribution in [3.05, 3.63) is 47.5 Å². The third-order valence-electron chi connectivity index (χ3n) is 3.17. The van der Waals surface area contributed by atoms with E-state index in [-0.39, 0.29) is 15.7 Å². The smallest absolute Gasteiger partial charge is 0.329 e. The molecular weight excluding hydrogens is 398 g/mol. The van der Waals surface area contributed by atoms with Gasteiger partial charge < -0.3 is 4.52 Å². The fourth-order valence-corrected chi connectivity index (χ4v) is 2.82. The topological polar surface area (TPSA) is 64.7 Å². The molecule has 0 unspecified atom stereocenters. The Morgan fingerprint density at radius 2 is 1.70 bits per heavy atom. The molecule has 2 heterocycles. The Labute approximate surface area is 151 Å². The molecule has 3 rings (SSSR count). The summed E-state index contributed by atoms with van der Waals surface area (Å²) < 4.78 is 80.2. The molecule has 27 heavy (non-hydrogen) atoms. The van der Waals surface area contributed by atoms with Crippen molar-refractivity contribution in [2.24, 2.45) is 0 Å². The van der Waals surface area contributed by atoms with E-state index in [1.54, 1.807) is 6.92 Å². The van der Waals surface area contributed by atoms with Gasteiger partial charge in [0.15, 0.2) is 0 Å². The summed E-state index contributed by atoms with van der Waals surface area (Å²) in [6, 6.07) is 4.58.